The molecule has 0 heterocycles. The van der Waals surface area contributed by atoms with Gasteiger partial charge in [0.2, 0.25) is 0 Å². The van der Waals surface area contributed by atoms with E-state index in [1.807, 2.05) is 0 Å². The summed E-state index contributed by atoms with van der Waals surface area (Å²) in [6.45, 7) is 1.93. The first kappa shape index (κ1) is 20.9. The van der Waals surface area contributed by atoms with Crippen molar-refractivity contribution in [3.8, 4) is 0 Å². The molecular formula is C11H17Cl2OTi. The van der Waals surface area contributed by atoms with Gasteiger partial charge in [0.05, 0.1) is 0 Å². The van der Waals surface area contributed by atoms with Crippen LogP contribution in [0.3, 0.4) is 0 Å². The summed E-state index contributed by atoms with van der Waals surface area (Å²) >= 11 is 0. The maximum absolute atomic E-state index is 7.57. The number of fused-ring (bicyclic) bond motifs is 1. The second-order valence-electron chi connectivity index (χ2n) is 3.10. The minimum atomic E-state index is 0. The molecule has 0 saturated carbocycles. The molecule has 0 bridgehead atoms. The van der Waals surface area contributed by atoms with E-state index in [2.05, 4.69) is 18.2 Å². The van der Waals surface area contributed by atoms with Gasteiger partial charge in [0.15, 0.2) is 0 Å². The van der Waals surface area contributed by atoms with Gasteiger partial charge in [-0.15, -0.1) is 0 Å². The quantitative estimate of drug-likeness (QED) is 0.384. The summed E-state index contributed by atoms with van der Waals surface area (Å²) in [5, 5.41) is 7.57. The first-order valence-electron chi connectivity index (χ1n) is 4.72. The van der Waals surface area contributed by atoms with E-state index >= 15 is 0 Å². The Hall–Kier alpha value is 0.604. The molecule has 1 aliphatic carbocycles. The molecular weight excluding hydrogens is 267 g/mol. The second-order valence-corrected chi connectivity index (χ2v) is 3.10. The number of rotatable bonds is 0. The van der Waals surface area contributed by atoms with Crippen LogP contribution in [0.5, 0.6) is 0 Å². The molecule has 1 radical (unpaired) electrons. The zero-order valence-corrected chi connectivity index (χ0v) is 12.0. The van der Waals surface area contributed by atoms with Crippen molar-refractivity contribution >= 4 is 0 Å². The standard InChI is InChI=1S/C9H11.C2H6O.2ClH.Ti/c1-2-5-9-7-3-6-8(9)4-1;1-2-3;;;/h3,6-7H,1-2,4-5H2;3H,2H2,1H3;2*1H;/q-1;;;;+3/p-2. The van der Waals surface area contributed by atoms with Crippen molar-refractivity contribution in [2.75, 3.05) is 6.61 Å². The number of hydrogen-bond acceptors (Lipinski definition) is 1. The van der Waals surface area contributed by atoms with E-state index < -0.39 is 0 Å². The third-order valence-electron chi connectivity index (χ3n) is 2.15. The molecule has 0 amide bonds. The molecule has 0 unspecified atom stereocenters. The van der Waals surface area contributed by atoms with Crippen molar-refractivity contribution in [1.29, 1.82) is 0 Å². The van der Waals surface area contributed by atoms with Crippen LogP contribution in [0.1, 0.15) is 30.9 Å². The van der Waals surface area contributed by atoms with E-state index in [0.717, 1.165) is 0 Å². The van der Waals surface area contributed by atoms with Crippen LogP contribution >= 0.6 is 0 Å². The van der Waals surface area contributed by atoms with Gasteiger partial charge in [-0.05, 0) is 6.92 Å². The van der Waals surface area contributed by atoms with Crippen molar-refractivity contribution in [3.05, 3.63) is 29.3 Å². The molecule has 1 nitrogen and oxygen atoms in total. The maximum atomic E-state index is 7.57. The molecule has 0 atom stereocenters. The van der Waals surface area contributed by atoms with Crippen LogP contribution in [0.15, 0.2) is 18.2 Å². The molecule has 4 heteroatoms. The topological polar surface area (TPSA) is 20.2 Å². The Balaban J connectivity index is -0.000000220. The smallest absolute Gasteiger partial charge is 1.00 e. The average Bonchev–Trinajstić information content (AvgIpc) is 2.52. The number of hydrogen-bond donors (Lipinski definition) is 1. The summed E-state index contributed by atoms with van der Waals surface area (Å²) in [4.78, 5) is 0. The average molecular weight is 284 g/mol. The van der Waals surface area contributed by atoms with E-state index in [9.17, 15) is 0 Å². The predicted molar refractivity (Wildman–Crippen MR) is 51.4 cm³/mol. The number of halogens is 2. The Morgan fingerprint density at radius 3 is 2.33 bits per heavy atom. The molecule has 85 valence electrons. The van der Waals surface area contributed by atoms with Crippen molar-refractivity contribution in [1.82, 2.24) is 0 Å². The van der Waals surface area contributed by atoms with Gasteiger partial charge in [-0.1, -0.05) is 25.7 Å². The van der Waals surface area contributed by atoms with E-state index in [4.69, 9.17) is 5.11 Å². The van der Waals surface area contributed by atoms with E-state index in [1.165, 1.54) is 25.7 Å². The fraction of sp³-hybridized carbons (Fsp3) is 0.545. The summed E-state index contributed by atoms with van der Waals surface area (Å²) < 4.78 is 0. The minimum absolute atomic E-state index is 0. The zero-order valence-electron chi connectivity index (χ0n) is 8.97. The van der Waals surface area contributed by atoms with Gasteiger partial charge in [0.1, 0.15) is 0 Å². The molecule has 15 heavy (non-hydrogen) atoms. The van der Waals surface area contributed by atoms with Gasteiger partial charge < -0.3 is 29.9 Å². The molecule has 1 aliphatic rings. The van der Waals surface area contributed by atoms with Crippen LogP contribution in [0, 0.1) is 0 Å². The Kier molecular flexibility index (Phi) is 17.7. The van der Waals surface area contributed by atoms with Gasteiger partial charge >= 0.3 is 21.7 Å². The van der Waals surface area contributed by atoms with Crippen LogP contribution in [0.25, 0.3) is 0 Å². The summed E-state index contributed by atoms with van der Waals surface area (Å²) in [6.07, 6.45) is 5.44. The molecule has 0 saturated heterocycles. The van der Waals surface area contributed by atoms with Crippen LogP contribution in [-0.2, 0) is 34.6 Å². The van der Waals surface area contributed by atoms with Gasteiger partial charge in [-0.25, -0.2) is 6.07 Å². The van der Waals surface area contributed by atoms with E-state index in [-0.39, 0.29) is 53.1 Å². The zero-order chi connectivity index (χ0) is 8.81. The molecule has 1 N–H and O–H groups in total. The number of aryl methyl sites for hydroxylation is 2. The normalized spacial score (nSPS) is 11.6. The van der Waals surface area contributed by atoms with E-state index in [1.54, 1.807) is 18.1 Å². The molecule has 0 spiro atoms. The van der Waals surface area contributed by atoms with Gasteiger partial charge in [0, 0.05) is 6.61 Å². The summed E-state index contributed by atoms with van der Waals surface area (Å²) in [5.74, 6) is 0. The Bertz CT molecular complexity index is 206. The molecule has 1 aromatic carbocycles. The molecule has 0 aromatic heterocycles. The van der Waals surface area contributed by atoms with Gasteiger partial charge in [-0.3, -0.25) is 0 Å². The van der Waals surface area contributed by atoms with Gasteiger partial charge in [0.25, 0.3) is 0 Å². The molecule has 2 rings (SSSR count). The molecule has 0 fully saturated rings. The second kappa shape index (κ2) is 12.7. The maximum Gasteiger partial charge on any atom is 3.00 e. The van der Waals surface area contributed by atoms with Gasteiger partial charge in [-0.2, -0.15) is 23.3 Å². The predicted octanol–water partition coefficient (Wildman–Crippen LogP) is -3.71. The Morgan fingerprint density at radius 1 is 1.27 bits per heavy atom. The summed E-state index contributed by atoms with van der Waals surface area (Å²) in [6, 6.07) is 6.69. The van der Waals surface area contributed by atoms with Crippen LogP contribution in [0.4, 0.5) is 0 Å². The van der Waals surface area contributed by atoms with Crippen LogP contribution in [-0.4, -0.2) is 11.7 Å². The SMILES string of the molecule is CCO.[Cl-].[Cl-].[Ti+3].c1cc2c([cH-]1)CCCC2. The molecule has 0 aliphatic heterocycles. The van der Waals surface area contributed by atoms with E-state index in [0.29, 0.717) is 0 Å². The van der Waals surface area contributed by atoms with Crippen LogP contribution < -0.4 is 24.8 Å². The third kappa shape index (κ3) is 7.49. The molecule has 1 aromatic rings. The Morgan fingerprint density at radius 2 is 1.80 bits per heavy atom. The van der Waals surface area contributed by atoms with Crippen LogP contribution in [0.2, 0.25) is 0 Å². The first-order chi connectivity index (χ1) is 5.88. The monoisotopic (exact) mass is 283 g/mol. The summed E-state index contributed by atoms with van der Waals surface area (Å²) in [5.41, 5.74) is 3.20. The minimum Gasteiger partial charge on any atom is -1.00 e. The van der Waals surface area contributed by atoms with Crippen molar-refractivity contribution in [2.24, 2.45) is 0 Å². The fourth-order valence-electron chi connectivity index (χ4n) is 1.61. The number of aliphatic hydroxyl groups excluding tert-OH is 1. The first-order valence-corrected chi connectivity index (χ1v) is 4.72. The fourth-order valence-corrected chi connectivity index (χ4v) is 1.61. The third-order valence-corrected chi connectivity index (χ3v) is 2.15. The van der Waals surface area contributed by atoms with Crippen molar-refractivity contribution < 1.29 is 51.6 Å². The van der Waals surface area contributed by atoms with Crippen molar-refractivity contribution in [3.63, 3.8) is 0 Å². The Labute approximate surface area is 120 Å². The summed E-state index contributed by atoms with van der Waals surface area (Å²) in [7, 11) is 0. The van der Waals surface area contributed by atoms with Crippen molar-refractivity contribution in [2.45, 2.75) is 32.6 Å². The number of aliphatic hydroxyl groups is 1. The largest absolute Gasteiger partial charge is 3.00 e.